The molecule has 0 aliphatic rings. The van der Waals surface area contributed by atoms with E-state index in [2.05, 4.69) is 19.9 Å². The number of carbonyl (C=O) groups excluding carboxylic acids is 1. The number of hydrogen-bond donors (Lipinski definition) is 5. The Bertz CT molecular complexity index is 966. The van der Waals surface area contributed by atoms with Gasteiger partial charge in [-0.3, -0.25) is 9.79 Å². The lowest BCUT2D eigenvalue weighted by atomic mass is 9.95. The molecule has 2 rings (SSSR count). The lowest BCUT2D eigenvalue weighted by Gasteiger charge is -2.22. The first-order valence-electron chi connectivity index (χ1n) is 8.97. The van der Waals surface area contributed by atoms with Crippen molar-refractivity contribution in [1.82, 2.24) is 19.5 Å². The molecule has 0 saturated carbocycles. The van der Waals surface area contributed by atoms with Gasteiger partial charge < -0.3 is 41.3 Å². The highest BCUT2D eigenvalue weighted by atomic mass is 16.6. The van der Waals surface area contributed by atoms with Crippen LogP contribution in [0.2, 0.25) is 0 Å². The molecule has 0 aromatic carbocycles. The molecule has 2 heterocycles. The fourth-order valence-electron chi connectivity index (χ4n) is 2.50. The molecule has 2 aromatic heterocycles. The molecule has 30 heavy (non-hydrogen) atoms. The van der Waals surface area contributed by atoms with Gasteiger partial charge in [0.05, 0.1) is 25.9 Å². The van der Waals surface area contributed by atoms with Gasteiger partial charge in [0.15, 0.2) is 17.1 Å². The highest BCUT2D eigenvalue weighted by Crippen LogP contribution is 2.13. The second-order valence-corrected chi connectivity index (χ2v) is 6.28. The number of aliphatic imine (C=N–C) groups is 1. The first-order chi connectivity index (χ1) is 14.3. The number of H-pyrrole nitrogens is 1. The Balaban J connectivity index is 1.74. The summed E-state index contributed by atoms with van der Waals surface area (Å²) in [6, 6.07) is 0. The van der Waals surface area contributed by atoms with Crippen molar-refractivity contribution in [2.45, 2.75) is 24.9 Å². The Morgan fingerprint density at radius 1 is 1.27 bits per heavy atom. The maximum Gasteiger partial charge on any atom is 0.337 e. The van der Waals surface area contributed by atoms with Gasteiger partial charge in [-0.05, 0) is 12.8 Å². The third-order valence-corrected chi connectivity index (χ3v) is 4.11. The van der Waals surface area contributed by atoms with Crippen LogP contribution in [-0.4, -0.2) is 74.4 Å². The number of carbonyl (C=O) groups is 2. The molecular weight excluding hydrogens is 400 g/mol. The quantitative estimate of drug-likeness (QED) is 0.0787. The van der Waals surface area contributed by atoms with Gasteiger partial charge in [0, 0.05) is 13.1 Å². The van der Waals surface area contributed by atoms with Crippen LogP contribution < -0.4 is 22.8 Å². The van der Waals surface area contributed by atoms with E-state index in [1.54, 1.807) is 4.57 Å². The molecule has 0 saturated heterocycles. The van der Waals surface area contributed by atoms with E-state index in [1.807, 2.05) is 0 Å². The van der Waals surface area contributed by atoms with E-state index < -0.39 is 17.5 Å². The highest BCUT2D eigenvalue weighted by molar-refractivity contribution is 6.03. The summed E-state index contributed by atoms with van der Waals surface area (Å²) in [5.74, 6) is -2.72. The fraction of sp³-hybridized carbons (Fsp3) is 0.500. The molecule has 1 atom stereocenters. The van der Waals surface area contributed by atoms with Crippen molar-refractivity contribution in [2.24, 2.45) is 22.2 Å². The number of carboxylic acid groups (broad SMARTS) is 1. The minimum absolute atomic E-state index is 0.0239. The van der Waals surface area contributed by atoms with Gasteiger partial charge in [0.25, 0.3) is 5.56 Å². The molecule has 164 valence electrons. The van der Waals surface area contributed by atoms with Gasteiger partial charge in [-0.1, -0.05) is 0 Å². The van der Waals surface area contributed by atoms with E-state index in [4.69, 9.17) is 26.7 Å². The van der Waals surface area contributed by atoms with E-state index in [1.165, 1.54) is 12.7 Å². The first-order valence-corrected chi connectivity index (χ1v) is 8.97. The lowest BCUT2D eigenvalue weighted by Crippen LogP contribution is -2.56. The summed E-state index contributed by atoms with van der Waals surface area (Å²) in [5.41, 5.74) is 14.2. The van der Waals surface area contributed by atoms with Crippen molar-refractivity contribution in [3.8, 4) is 0 Å². The van der Waals surface area contributed by atoms with Gasteiger partial charge in [-0.2, -0.15) is 0 Å². The summed E-state index contributed by atoms with van der Waals surface area (Å²) in [5, 5.41) is 9.28. The summed E-state index contributed by atoms with van der Waals surface area (Å²) in [4.78, 5) is 49.3. The van der Waals surface area contributed by atoms with Crippen molar-refractivity contribution < 1.29 is 24.2 Å². The van der Waals surface area contributed by atoms with Crippen LogP contribution in [0.15, 0.2) is 22.4 Å². The van der Waals surface area contributed by atoms with Gasteiger partial charge in [0.2, 0.25) is 5.54 Å². The molecule has 0 amide bonds. The van der Waals surface area contributed by atoms with Crippen LogP contribution in [-0.2, 0) is 25.6 Å². The van der Waals surface area contributed by atoms with Crippen LogP contribution in [0.4, 0.5) is 0 Å². The molecule has 0 spiro atoms. The first kappa shape index (κ1) is 22.8. The molecule has 0 radical (unpaired) electrons. The number of imidazole rings is 1. The van der Waals surface area contributed by atoms with E-state index >= 15 is 0 Å². The molecule has 0 unspecified atom stereocenters. The van der Waals surface area contributed by atoms with Crippen LogP contribution in [0.5, 0.6) is 0 Å². The number of nitrogens with two attached hydrogens (primary N) is 3. The number of esters is 1. The van der Waals surface area contributed by atoms with Crippen LogP contribution >= 0.6 is 0 Å². The summed E-state index contributed by atoms with van der Waals surface area (Å²) in [6.07, 6.45) is 2.73. The summed E-state index contributed by atoms with van der Waals surface area (Å²) in [7, 11) is 0. The average Bonchev–Trinajstić information content (AvgIpc) is 3.11. The molecule has 14 nitrogen and oxygen atoms in total. The number of carboxylic acids is 1. The Labute approximate surface area is 170 Å². The molecular formula is C16H24N8O6. The van der Waals surface area contributed by atoms with Crippen molar-refractivity contribution in [3.63, 3.8) is 0 Å². The molecule has 0 bridgehead atoms. The number of nitrogens with zero attached hydrogens (tertiary/aromatic N) is 4. The number of rotatable bonds is 12. The van der Waals surface area contributed by atoms with Crippen LogP contribution in [0.25, 0.3) is 11.2 Å². The maximum absolute atomic E-state index is 12.1. The molecule has 0 fully saturated rings. The predicted molar refractivity (Wildman–Crippen MR) is 104 cm³/mol. The Hall–Kier alpha value is -3.52. The van der Waals surface area contributed by atoms with Crippen LogP contribution in [0, 0.1) is 0 Å². The number of aliphatic carboxylic acids is 1. The second kappa shape index (κ2) is 10.3. The molecule has 2 aromatic rings. The zero-order chi connectivity index (χ0) is 22.1. The Morgan fingerprint density at radius 2 is 2.03 bits per heavy atom. The minimum Gasteiger partial charge on any atom is -0.479 e. The third-order valence-electron chi connectivity index (χ3n) is 4.11. The Morgan fingerprint density at radius 3 is 2.73 bits per heavy atom. The number of hydrogen-bond acceptors (Lipinski definition) is 9. The number of ether oxygens (including phenoxy) is 2. The molecule has 0 aliphatic carbocycles. The van der Waals surface area contributed by atoms with Crippen LogP contribution in [0.3, 0.4) is 0 Å². The smallest absolute Gasteiger partial charge is 0.337 e. The monoisotopic (exact) mass is 424 g/mol. The second-order valence-electron chi connectivity index (χ2n) is 6.28. The Kier molecular flexibility index (Phi) is 7.83. The zero-order valence-corrected chi connectivity index (χ0v) is 16.1. The molecule has 0 aliphatic heterocycles. The number of nitrogens with one attached hydrogen (secondary N) is 1. The van der Waals surface area contributed by atoms with Crippen molar-refractivity contribution in [1.29, 1.82) is 0 Å². The topological polar surface area (TPSA) is 227 Å². The summed E-state index contributed by atoms with van der Waals surface area (Å²) >= 11 is 0. The SMILES string of the molecule is NC(N)=NCCC[C@](N)(C(=O)O)C(=O)OCCOCCn1cnc2c(=O)[nH]cnc21. The zero-order valence-electron chi connectivity index (χ0n) is 16.1. The third kappa shape index (κ3) is 5.74. The number of aromatic amines is 1. The van der Waals surface area contributed by atoms with E-state index in [0.717, 1.165) is 0 Å². The van der Waals surface area contributed by atoms with E-state index in [-0.39, 0.29) is 56.2 Å². The normalized spacial score (nSPS) is 13.0. The standard InChI is InChI=1S/C16H24N8O6/c17-15(18)20-3-1-2-16(19,13(26)27)14(28)30-7-6-29-5-4-24-9-23-10-11(24)21-8-22-12(10)25/h8-9H,1-7,19H2,(H,26,27)(H4,17,18,20)(H,21,22,25)/t16-/m0/s1. The summed E-state index contributed by atoms with van der Waals surface area (Å²) < 4.78 is 11.9. The minimum atomic E-state index is -2.20. The number of fused-ring (bicyclic) bond motifs is 1. The predicted octanol–water partition coefficient (Wildman–Crippen LogP) is -2.48. The van der Waals surface area contributed by atoms with Gasteiger partial charge in [-0.25, -0.2) is 19.6 Å². The van der Waals surface area contributed by atoms with Crippen molar-refractivity contribution >= 4 is 29.1 Å². The maximum atomic E-state index is 12.1. The van der Waals surface area contributed by atoms with Gasteiger partial charge in [-0.15, -0.1) is 0 Å². The van der Waals surface area contributed by atoms with E-state index in [9.17, 15) is 19.5 Å². The number of guanidine groups is 1. The molecule has 14 heteroatoms. The molecule has 8 N–H and O–H groups in total. The average molecular weight is 424 g/mol. The van der Waals surface area contributed by atoms with E-state index in [0.29, 0.717) is 12.2 Å². The number of aromatic nitrogens is 4. The van der Waals surface area contributed by atoms with Crippen molar-refractivity contribution in [3.05, 3.63) is 23.0 Å². The van der Waals surface area contributed by atoms with Gasteiger partial charge in [0.1, 0.15) is 6.61 Å². The fourth-order valence-corrected chi connectivity index (χ4v) is 2.50. The lowest BCUT2D eigenvalue weighted by molar-refractivity contribution is -0.162. The van der Waals surface area contributed by atoms with Crippen molar-refractivity contribution in [2.75, 3.05) is 26.4 Å². The largest absolute Gasteiger partial charge is 0.479 e. The van der Waals surface area contributed by atoms with Crippen LogP contribution in [0.1, 0.15) is 12.8 Å². The summed E-state index contributed by atoms with van der Waals surface area (Å²) in [6.45, 7) is 0.566. The highest BCUT2D eigenvalue weighted by Gasteiger charge is 2.43. The van der Waals surface area contributed by atoms with Gasteiger partial charge >= 0.3 is 11.9 Å².